The molecule has 2 heterocycles. The number of carboxylic acid groups (broad SMARTS) is 1. The van der Waals surface area contributed by atoms with Crippen molar-refractivity contribution in [2.24, 2.45) is 0 Å². The first-order valence-corrected chi connectivity index (χ1v) is 6.14. The Balaban J connectivity index is 1.93. The minimum Gasteiger partial charge on any atom is -0.480 e. The SMILES string of the molecule is Cc1cc(CN2c3ccccc3CC2C(=O)O)no1. The van der Waals surface area contributed by atoms with Crippen LogP contribution in [-0.4, -0.2) is 22.3 Å². The van der Waals surface area contributed by atoms with Crippen LogP contribution in [-0.2, 0) is 17.8 Å². The molecule has 0 bridgehead atoms. The molecule has 0 saturated carbocycles. The lowest BCUT2D eigenvalue weighted by Crippen LogP contribution is -2.38. The number of para-hydroxylation sites is 1. The molecule has 1 aromatic heterocycles. The predicted octanol–water partition coefficient (Wildman–Crippen LogP) is 2.00. The van der Waals surface area contributed by atoms with E-state index in [-0.39, 0.29) is 0 Å². The van der Waals surface area contributed by atoms with Gasteiger partial charge in [-0.05, 0) is 18.6 Å². The highest BCUT2D eigenvalue weighted by Gasteiger charge is 2.34. The van der Waals surface area contributed by atoms with Crippen molar-refractivity contribution in [1.82, 2.24) is 5.16 Å². The summed E-state index contributed by atoms with van der Waals surface area (Å²) in [6, 6.07) is 9.07. The van der Waals surface area contributed by atoms with E-state index in [2.05, 4.69) is 5.16 Å². The van der Waals surface area contributed by atoms with Gasteiger partial charge in [0.15, 0.2) is 0 Å². The summed E-state index contributed by atoms with van der Waals surface area (Å²) in [4.78, 5) is 13.3. The average Bonchev–Trinajstić information content (AvgIpc) is 2.95. The van der Waals surface area contributed by atoms with Crippen molar-refractivity contribution >= 4 is 11.7 Å². The summed E-state index contributed by atoms with van der Waals surface area (Å²) in [7, 11) is 0. The fourth-order valence-corrected chi connectivity index (χ4v) is 2.53. The van der Waals surface area contributed by atoms with Crippen LogP contribution in [0, 0.1) is 6.92 Å². The molecule has 0 aliphatic carbocycles. The Labute approximate surface area is 110 Å². The van der Waals surface area contributed by atoms with Crippen LogP contribution in [0.2, 0.25) is 0 Å². The number of anilines is 1. The van der Waals surface area contributed by atoms with Crippen molar-refractivity contribution < 1.29 is 14.4 Å². The van der Waals surface area contributed by atoms with Gasteiger partial charge in [-0.3, -0.25) is 0 Å². The molecule has 0 saturated heterocycles. The summed E-state index contributed by atoms with van der Waals surface area (Å²) >= 11 is 0. The molecule has 1 aliphatic heterocycles. The topological polar surface area (TPSA) is 66.6 Å². The first kappa shape index (κ1) is 11.8. The van der Waals surface area contributed by atoms with Crippen molar-refractivity contribution in [3.05, 3.63) is 47.3 Å². The fraction of sp³-hybridized carbons (Fsp3) is 0.286. The monoisotopic (exact) mass is 258 g/mol. The maximum Gasteiger partial charge on any atom is 0.326 e. The molecule has 5 heteroatoms. The maximum atomic E-state index is 11.4. The lowest BCUT2D eigenvalue weighted by atomic mass is 10.1. The van der Waals surface area contributed by atoms with Crippen LogP contribution in [0.5, 0.6) is 0 Å². The van der Waals surface area contributed by atoms with E-state index >= 15 is 0 Å². The molecule has 1 unspecified atom stereocenters. The summed E-state index contributed by atoms with van der Waals surface area (Å²) in [6.45, 7) is 2.27. The molecule has 5 nitrogen and oxygen atoms in total. The molecule has 0 fully saturated rings. The van der Waals surface area contributed by atoms with Gasteiger partial charge in [0.2, 0.25) is 0 Å². The van der Waals surface area contributed by atoms with E-state index < -0.39 is 12.0 Å². The van der Waals surface area contributed by atoms with Crippen LogP contribution in [0.15, 0.2) is 34.9 Å². The van der Waals surface area contributed by atoms with E-state index in [1.807, 2.05) is 42.2 Å². The van der Waals surface area contributed by atoms with Crippen LogP contribution in [0.1, 0.15) is 17.0 Å². The number of rotatable bonds is 3. The lowest BCUT2D eigenvalue weighted by Gasteiger charge is -2.23. The second-order valence-corrected chi connectivity index (χ2v) is 4.74. The van der Waals surface area contributed by atoms with Crippen LogP contribution in [0.3, 0.4) is 0 Å². The van der Waals surface area contributed by atoms with E-state index in [9.17, 15) is 9.90 Å². The zero-order chi connectivity index (χ0) is 13.4. The molecule has 1 N–H and O–H groups in total. The predicted molar refractivity (Wildman–Crippen MR) is 69.0 cm³/mol. The molecule has 19 heavy (non-hydrogen) atoms. The number of aromatic nitrogens is 1. The Bertz CT molecular complexity index is 621. The third-order valence-corrected chi connectivity index (χ3v) is 3.38. The molecule has 1 aromatic carbocycles. The average molecular weight is 258 g/mol. The molecule has 0 spiro atoms. The minimum absolute atomic E-state index is 0.450. The summed E-state index contributed by atoms with van der Waals surface area (Å²) in [6.07, 6.45) is 0.530. The third kappa shape index (κ3) is 2.07. The van der Waals surface area contributed by atoms with E-state index in [4.69, 9.17) is 4.52 Å². The fourth-order valence-electron chi connectivity index (χ4n) is 2.53. The van der Waals surface area contributed by atoms with Crippen LogP contribution in [0.25, 0.3) is 0 Å². The molecule has 0 amide bonds. The molecular weight excluding hydrogens is 244 g/mol. The van der Waals surface area contributed by atoms with Gasteiger partial charge in [-0.1, -0.05) is 23.4 Å². The zero-order valence-electron chi connectivity index (χ0n) is 10.5. The van der Waals surface area contributed by atoms with Crippen molar-refractivity contribution in [1.29, 1.82) is 0 Å². The summed E-state index contributed by atoms with van der Waals surface area (Å²) < 4.78 is 5.03. The first-order chi connectivity index (χ1) is 9.15. The Hall–Kier alpha value is -2.30. The number of nitrogens with zero attached hydrogens (tertiary/aromatic N) is 2. The van der Waals surface area contributed by atoms with Crippen LogP contribution < -0.4 is 4.90 Å². The normalized spacial score (nSPS) is 17.5. The van der Waals surface area contributed by atoms with Gasteiger partial charge in [0.05, 0.1) is 6.54 Å². The van der Waals surface area contributed by atoms with Gasteiger partial charge >= 0.3 is 5.97 Å². The van der Waals surface area contributed by atoms with Gasteiger partial charge < -0.3 is 14.5 Å². The summed E-state index contributed by atoms with van der Waals surface area (Å²) in [5.41, 5.74) is 2.78. The van der Waals surface area contributed by atoms with Gasteiger partial charge in [0.25, 0.3) is 0 Å². The van der Waals surface area contributed by atoms with E-state index in [1.54, 1.807) is 0 Å². The number of hydrogen-bond donors (Lipinski definition) is 1. The lowest BCUT2D eigenvalue weighted by molar-refractivity contribution is -0.138. The van der Waals surface area contributed by atoms with Gasteiger partial charge in [0.1, 0.15) is 17.5 Å². The second kappa shape index (κ2) is 4.42. The molecule has 1 aliphatic rings. The molecular formula is C14H14N2O3. The van der Waals surface area contributed by atoms with Gasteiger partial charge in [-0.15, -0.1) is 0 Å². The van der Waals surface area contributed by atoms with Gasteiger partial charge in [-0.2, -0.15) is 0 Å². The molecule has 1 atom stereocenters. The Morgan fingerprint density at radius 1 is 1.53 bits per heavy atom. The van der Waals surface area contributed by atoms with Crippen molar-refractivity contribution in [3.8, 4) is 0 Å². The first-order valence-electron chi connectivity index (χ1n) is 6.14. The summed E-state index contributed by atoms with van der Waals surface area (Å²) in [5.74, 6) is -0.0780. The Kier molecular flexibility index (Phi) is 2.74. The number of aliphatic carboxylic acids is 1. The second-order valence-electron chi connectivity index (χ2n) is 4.74. The molecule has 98 valence electrons. The van der Waals surface area contributed by atoms with E-state index in [0.29, 0.717) is 13.0 Å². The number of benzene rings is 1. The number of hydrogen-bond acceptors (Lipinski definition) is 4. The van der Waals surface area contributed by atoms with E-state index in [0.717, 1.165) is 22.7 Å². The van der Waals surface area contributed by atoms with E-state index in [1.165, 1.54) is 0 Å². The smallest absolute Gasteiger partial charge is 0.326 e. The molecule has 2 aromatic rings. The zero-order valence-corrected chi connectivity index (χ0v) is 10.5. The molecule has 0 radical (unpaired) electrons. The standard InChI is InChI=1S/C14H14N2O3/c1-9-6-11(15-19-9)8-16-12-5-3-2-4-10(12)7-13(16)14(17)18/h2-6,13H,7-8H2,1H3,(H,17,18). The minimum atomic E-state index is -0.809. The number of aryl methyl sites for hydroxylation is 1. The number of fused-ring (bicyclic) bond motifs is 1. The Morgan fingerprint density at radius 3 is 3.00 bits per heavy atom. The van der Waals surface area contributed by atoms with Crippen molar-refractivity contribution in [2.45, 2.75) is 25.9 Å². The number of carboxylic acids is 1. The van der Waals surface area contributed by atoms with Crippen molar-refractivity contribution in [2.75, 3.05) is 4.90 Å². The highest BCUT2D eigenvalue weighted by molar-refractivity contribution is 5.82. The van der Waals surface area contributed by atoms with Gasteiger partial charge in [0, 0.05) is 18.2 Å². The summed E-state index contributed by atoms with van der Waals surface area (Å²) in [5, 5.41) is 13.3. The largest absolute Gasteiger partial charge is 0.480 e. The van der Waals surface area contributed by atoms with Gasteiger partial charge in [-0.25, -0.2) is 4.79 Å². The molecule has 3 rings (SSSR count). The highest BCUT2D eigenvalue weighted by Crippen LogP contribution is 2.33. The van der Waals surface area contributed by atoms with Crippen molar-refractivity contribution in [3.63, 3.8) is 0 Å². The highest BCUT2D eigenvalue weighted by atomic mass is 16.5. The Morgan fingerprint density at radius 2 is 2.32 bits per heavy atom. The maximum absolute atomic E-state index is 11.4. The van der Waals surface area contributed by atoms with Crippen LogP contribution >= 0.6 is 0 Å². The quantitative estimate of drug-likeness (QED) is 0.912. The number of carbonyl (C=O) groups is 1. The third-order valence-electron chi connectivity index (χ3n) is 3.38. The van der Waals surface area contributed by atoms with Crippen LogP contribution in [0.4, 0.5) is 5.69 Å².